The van der Waals surface area contributed by atoms with Crippen molar-refractivity contribution in [1.82, 2.24) is 9.88 Å². The Hall–Kier alpha value is -3.38. The number of benzene rings is 2. The first kappa shape index (κ1) is 20.9. The van der Waals surface area contributed by atoms with Gasteiger partial charge in [-0.3, -0.25) is 9.78 Å². The minimum Gasteiger partial charge on any atom is -0.488 e. The number of pyridine rings is 1. The third-order valence-electron chi connectivity index (χ3n) is 5.31. The minimum absolute atomic E-state index is 0.308. The Labute approximate surface area is 185 Å². The number of carbonyl (C=O) groups is 2. The molecule has 7 heteroatoms. The standard InChI is InChI=1S/C24H21ClN2O4/c25-20-7-2-1-6-18(20)19-13-17(23(28)27-12-4-8-21(27)24(29)30)9-10-22(19)31-15-16-5-3-11-26-14-16/h1-3,5-7,9-11,13-14,21H,4,8,12,15H2,(H,29,30). The summed E-state index contributed by atoms with van der Waals surface area (Å²) in [6.45, 7) is 0.738. The predicted octanol–water partition coefficient (Wildman–Crippen LogP) is 4.67. The first-order chi connectivity index (χ1) is 15.0. The summed E-state index contributed by atoms with van der Waals surface area (Å²) in [5.74, 6) is -0.713. The van der Waals surface area contributed by atoms with Crippen LogP contribution in [0.1, 0.15) is 28.8 Å². The van der Waals surface area contributed by atoms with Gasteiger partial charge in [0.2, 0.25) is 0 Å². The SMILES string of the molecule is O=C(O)C1CCCN1C(=O)c1ccc(OCc2cccnc2)c(-c2ccccc2Cl)c1. The van der Waals surface area contributed by atoms with Crippen LogP contribution in [0, 0.1) is 0 Å². The molecule has 1 fully saturated rings. The number of aliphatic carboxylic acids is 1. The largest absolute Gasteiger partial charge is 0.488 e. The van der Waals surface area contributed by atoms with Crippen molar-refractivity contribution < 1.29 is 19.4 Å². The number of ether oxygens (including phenoxy) is 1. The van der Waals surface area contributed by atoms with Crippen LogP contribution in [0.5, 0.6) is 5.75 Å². The van der Waals surface area contributed by atoms with Crippen LogP contribution in [0.4, 0.5) is 0 Å². The lowest BCUT2D eigenvalue weighted by Crippen LogP contribution is -2.40. The maximum absolute atomic E-state index is 13.1. The zero-order valence-corrected chi connectivity index (χ0v) is 17.5. The van der Waals surface area contributed by atoms with E-state index in [0.29, 0.717) is 47.9 Å². The van der Waals surface area contributed by atoms with Crippen LogP contribution in [0.3, 0.4) is 0 Å². The number of carboxylic acids is 1. The fourth-order valence-electron chi connectivity index (χ4n) is 3.76. The molecule has 0 bridgehead atoms. The van der Waals surface area contributed by atoms with Crippen molar-refractivity contribution in [3.05, 3.63) is 83.1 Å². The highest BCUT2D eigenvalue weighted by Gasteiger charge is 2.34. The molecule has 1 aliphatic rings. The molecule has 1 amide bonds. The maximum atomic E-state index is 13.1. The van der Waals surface area contributed by atoms with Gasteiger partial charge in [0.25, 0.3) is 5.91 Å². The number of rotatable bonds is 6. The van der Waals surface area contributed by atoms with Gasteiger partial charge in [-0.15, -0.1) is 0 Å². The van der Waals surface area contributed by atoms with E-state index >= 15 is 0 Å². The van der Waals surface area contributed by atoms with Gasteiger partial charge in [0.1, 0.15) is 18.4 Å². The third-order valence-corrected chi connectivity index (χ3v) is 5.64. The average molecular weight is 437 g/mol. The molecule has 1 unspecified atom stereocenters. The molecule has 0 radical (unpaired) electrons. The van der Waals surface area contributed by atoms with Gasteiger partial charge in [0, 0.05) is 46.2 Å². The van der Waals surface area contributed by atoms with Crippen molar-refractivity contribution in [2.45, 2.75) is 25.5 Å². The number of carbonyl (C=O) groups excluding carboxylic acids is 1. The van der Waals surface area contributed by atoms with Gasteiger partial charge in [0.15, 0.2) is 0 Å². The first-order valence-electron chi connectivity index (χ1n) is 9.99. The van der Waals surface area contributed by atoms with Crippen molar-refractivity contribution in [2.24, 2.45) is 0 Å². The summed E-state index contributed by atoms with van der Waals surface area (Å²) in [6.07, 6.45) is 4.56. The van der Waals surface area contributed by atoms with Gasteiger partial charge in [-0.25, -0.2) is 4.79 Å². The Morgan fingerprint density at radius 1 is 1.13 bits per heavy atom. The average Bonchev–Trinajstić information content (AvgIpc) is 3.29. The second-order valence-corrected chi connectivity index (χ2v) is 7.74. The summed E-state index contributed by atoms with van der Waals surface area (Å²) in [6, 6.07) is 15.4. The third kappa shape index (κ3) is 4.54. The molecular weight excluding hydrogens is 416 g/mol. The lowest BCUT2D eigenvalue weighted by Gasteiger charge is -2.22. The molecule has 0 saturated carbocycles. The van der Waals surface area contributed by atoms with Crippen molar-refractivity contribution in [3.63, 3.8) is 0 Å². The van der Waals surface area contributed by atoms with Crippen LogP contribution in [0.25, 0.3) is 11.1 Å². The summed E-state index contributed by atoms with van der Waals surface area (Å²) in [4.78, 5) is 30.1. The molecular formula is C24H21ClN2O4. The minimum atomic E-state index is -0.978. The van der Waals surface area contributed by atoms with E-state index in [1.165, 1.54) is 4.90 Å². The van der Waals surface area contributed by atoms with E-state index in [2.05, 4.69) is 4.98 Å². The monoisotopic (exact) mass is 436 g/mol. The fraction of sp³-hybridized carbons (Fsp3) is 0.208. The van der Waals surface area contributed by atoms with Gasteiger partial charge in [-0.1, -0.05) is 35.9 Å². The van der Waals surface area contributed by atoms with E-state index in [-0.39, 0.29) is 5.91 Å². The van der Waals surface area contributed by atoms with Gasteiger partial charge in [-0.05, 0) is 43.2 Å². The van der Waals surface area contributed by atoms with Crippen LogP contribution in [0.2, 0.25) is 5.02 Å². The molecule has 1 aromatic heterocycles. The Balaban J connectivity index is 1.69. The molecule has 6 nitrogen and oxygen atoms in total. The van der Waals surface area contributed by atoms with Crippen molar-refractivity contribution in [3.8, 4) is 16.9 Å². The van der Waals surface area contributed by atoms with E-state index in [1.54, 1.807) is 36.7 Å². The highest BCUT2D eigenvalue weighted by atomic mass is 35.5. The quantitative estimate of drug-likeness (QED) is 0.607. The van der Waals surface area contributed by atoms with Crippen molar-refractivity contribution >= 4 is 23.5 Å². The number of carboxylic acid groups (broad SMARTS) is 1. The molecule has 158 valence electrons. The normalized spacial score (nSPS) is 15.6. The highest BCUT2D eigenvalue weighted by Crippen LogP contribution is 2.36. The molecule has 0 spiro atoms. The fourth-order valence-corrected chi connectivity index (χ4v) is 3.99. The molecule has 1 N–H and O–H groups in total. The highest BCUT2D eigenvalue weighted by molar-refractivity contribution is 6.33. The van der Waals surface area contributed by atoms with Crippen LogP contribution >= 0.6 is 11.6 Å². The van der Waals surface area contributed by atoms with Gasteiger partial charge >= 0.3 is 5.97 Å². The number of halogens is 1. The molecule has 3 aromatic rings. The Morgan fingerprint density at radius 2 is 1.97 bits per heavy atom. The molecule has 1 atom stereocenters. The molecule has 4 rings (SSSR count). The van der Waals surface area contributed by atoms with Gasteiger partial charge in [0.05, 0.1) is 0 Å². The second-order valence-electron chi connectivity index (χ2n) is 7.34. The number of likely N-dealkylation sites (tertiary alicyclic amines) is 1. The van der Waals surface area contributed by atoms with Crippen molar-refractivity contribution in [1.29, 1.82) is 0 Å². The zero-order chi connectivity index (χ0) is 21.8. The summed E-state index contributed by atoms with van der Waals surface area (Å²) >= 11 is 6.43. The topological polar surface area (TPSA) is 79.7 Å². The number of nitrogens with zero attached hydrogens (tertiary/aromatic N) is 2. The summed E-state index contributed by atoms with van der Waals surface area (Å²) in [5, 5.41) is 9.96. The Kier molecular flexibility index (Phi) is 6.18. The molecule has 31 heavy (non-hydrogen) atoms. The number of hydrogen-bond donors (Lipinski definition) is 1. The smallest absolute Gasteiger partial charge is 0.326 e. The van der Waals surface area contributed by atoms with Crippen molar-refractivity contribution in [2.75, 3.05) is 6.54 Å². The van der Waals surface area contributed by atoms with Crippen LogP contribution < -0.4 is 4.74 Å². The predicted molar refractivity (Wildman–Crippen MR) is 117 cm³/mol. The zero-order valence-electron chi connectivity index (χ0n) is 16.7. The molecule has 1 aliphatic heterocycles. The second kappa shape index (κ2) is 9.18. The lowest BCUT2D eigenvalue weighted by atomic mass is 10.0. The molecule has 1 saturated heterocycles. The van der Waals surface area contributed by atoms with Crippen LogP contribution in [0.15, 0.2) is 67.0 Å². The summed E-state index contributed by atoms with van der Waals surface area (Å²) in [7, 11) is 0. The summed E-state index contributed by atoms with van der Waals surface area (Å²) in [5.41, 5.74) is 2.72. The molecule has 2 aromatic carbocycles. The Morgan fingerprint density at radius 3 is 2.71 bits per heavy atom. The van der Waals surface area contributed by atoms with Gasteiger partial charge < -0.3 is 14.7 Å². The number of amides is 1. The van der Waals surface area contributed by atoms with Crippen LogP contribution in [-0.2, 0) is 11.4 Å². The van der Waals surface area contributed by atoms with Crippen LogP contribution in [-0.4, -0.2) is 39.5 Å². The van der Waals surface area contributed by atoms with Gasteiger partial charge in [-0.2, -0.15) is 0 Å². The lowest BCUT2D eigenvalue weighted by molar-refractivity contribution is -0.141. The maximum Gasteiger partial charge on any atom is 0.326 e. The first-order valence-corrected chi connectivity index (χ1v) is 10.4. The number of aromatic nitrogens is 1. The van der Waals surface area contributed by atoms with E-state index < -0.39 is 12.0 Å². The number of hydrogen-bond acceptors (Lipinski definition) is 4. The van der Waals surface area contributed by atoms with E-state index in [1.807, 2.05) is 30.3 Å². The summed E-state index contributed by atoms with van der Waals surface area (Å²) < 4.78 is 6.03. The molecule has 2 heterocycles. The van der Waals surface area contributed by atoms with E-state index in [9.17, 15) is 14.7 Å². The molecule has 0 aliphatic carbocycles. The van der Waals surface area contributed by atoms with E-state index in [0.717, 1.165) is 11.1 Å². The Bertz CT molecular complexity index is 1100. The van der Waals surface area contributed by atoms with E-state index in [4.69, 9.17) is 16.3 Å².